The summed E-state index contributed by atoms with van der Waals surface area (Å²) in [5.74, 6) is 0. The van der Waals surface area contributed by atoms with Gasteiger partial charge in [0.1, 0.15) is 0 Å². The van der Waals surface area contributed by atoms with Crippen LogP contribution in [0.15, 0.2) is 0 Å². The normalized spacial score (nSPS) is 27.0. The lowest BCUT2D eigenvalue weighted by Crippen LogP contribution is -2.36. The standard InChI is InChI=1S/C13H26O4/c1-3-4-5-7-15-11(2)9-13-16-8-6-12(10-14)17-13/h11-14H,3-10H2,1-2H3/t11?,12-,13-/m0/s1. The smallest absolute Gasteiger partial charge is 0.160 e. The minimum Gasteiger partial charge on any atom is -0.394 e. The van der Waals surface area contributed by atoms with Crippen LogP contribution >= 0.6 is 0 Å². The van der Waals surface area contributed by atoms with Gasteiger partial charge in [-0.1, -0.05) is 19.8 Å². The molecular weight excluding hydrogens is 220 g/mol. The fourth-order valence-corrected chi connectivity index (χ4v) is 1.89. The molecule has 1 rings (SSSR count). The minimum absolute atomic E-state index is 0.0685. The first kappa shape index (κ1) is 14.9. The molecule has 0 aromatic carbocycles. The summed E-state index contributed by atoms with van der Waals surface area (Å²) in [6.45, 7) is 5.78. The zero-order valence-electron chi connectivity index (χ0n) is 11.1. The highest BCUT2D eigenvalue weighted by Gasteiger charge is 2.24. The summed E-state index contributed by atoms with van der Waals surface area (Å²) >= 11 is 0. The molecule has 1 aliphatic rings. The summed E-state index contributed by atoms with van der Waals surface area (Å²) in [5, 5.41) is 9.03. The molecule has 0 spiro atoms. The van der Waals surface area contributed by atoms with Crippen LogP contribution in [-0.2, 0) is 14.2 Å². The molecule has 0 amide bonds. The predicted molar refractivity (Wildman–Crippen MR) is 65.9 cm³/mol. The van der Waals surface area contributed by atoms with Crippen LogP contribution in [0.3, 0.4) is 0 Å². The van der Waals surface area contributed by atoms with Crippen molar-refractivity contribution in [3.05, 3.63) is 0 Å². The summed E-state index contributed by atoms with van der Waals surface area (Å²) in [6.07, 6.45) is 4.92. The van der Waals surface area contributed by atoms with Gasteiger partial charge in [-0.05, 0) is 19.8 Å². The Morgan fingerprint density at radius 3 is 2.94 bits per heavy atom. The van der Waals surface area contributed by atoms with Gasteiger partial charge in [-0.15, -0.1) is 0 Å². The van der Waals surface area contributed by atoms with E-state index in [9.17, 15) is 0 Å². The van der Waals surface area contributed by atoms with E-state index < -0.39 is 0 Å². The van der Waals surface area contributed by atoms with Gasteiger partial charge in [-0.25, -0.2) is 0 Å². The third kappa shape index (κ3) is 6.36. The Morgan fingerprint density at radius 2 is 2.24 bits per heavy atom. The summed E-state index contributed by atoms with van der Waals surface area (Å²) < 4.78 is 16.8. The van der Waals surface area contributed by atoms with Gasteiger partial charge in [-0.3, -0.25) is 0 Å². The molecule has 4 heteroatoms. The largest absolute Gasteiger partial charge is 0.394 e. The Kier molecular flexibility index (Phi) is 7.77. The maximum atomic E-state index is 9.03. The van der Waals surface area contributed by atoms with E-state index in [0.29, 0.717) is 6.61 Å². The van der Waals surface area contributed by atoms with E-state index in [2.05, 4.69) is 6.92 Å². The third-order valence-corrected chi connectivity index (χ3v) is 2.97. The number of aliphatic hydroxyl groups excluding tert-OH is 1. The average molecular weight is 246 g/mol. The van der Waals surface area contributed by atoms with Gasteiger partial charge >= 0.3 is 0 Å². The molecule has 0 aromatic heterocycles. The Morgan fingerprint density at radius 1 is 1.41 bits per heavy atom. The van der Waals surface area contributed by atoms with Gasteiger partial charge in [0.15, 0.2) is 6.29 Å². The number of hydrogen-bond donors (Lipinski definition) is 1. The van der Waals surface area contributed by atoms with Gasteiger partial charge in [0, 0.05) is 13.0 Å². The fraction of sp³-hybridized carbons (Fsp3) is 1.00. The van der Waals surface area contributed by atoms with Crippen LogP contribution in [0.5, 0.6) is 0 Å². The van der Waals surface area contributed by atoms with Crippen molar-refractivity contribution in [2.45, 2.75) is 64.4 Å². The fourth-order valence-electron chi connectivity index (χ4n) is 1.89. The van der Waals surface area contributed by atoms with Gasteiger partial charge < -0.3 is 19.3 Å². The Balaban J connectivity index is 2.10. The first-order valence-electron chi connectivity index (χ1n) is 6.75. The average Bonchev–Trinajstić information content (AvgIpc) is 2.35. The number of unbranched alkanes of at least 4 members (excludes halogenated alkanes) is 2. The van der Waals surface area contributed by atoms with Gasteiger partial charge in [0.05, 0.1) is 25.4 Å². The Bertz CT molecular complexity index is 186. The quantitative estimate of drug-likeness (QED) is 0.666. The lowest BCUT2D eigenvalue weighted by atomic mass is 10.2. The molecule has 0 aliphatic carbocycles. The van der Waals surface area contributed by atoms with E-state index in [0.717, 1.165) is 25.9 Å². The van der Waals surface area contributed by atoms with Crippen LogP contribution in [0.1, 0.15) is 46.0 Å². The zero-order valence-corrected chi connectivity index (χ0v) is 11.1. The minimum atomic E-state index is -0.220. The molecule has 1 fully saturated rings. The second-order valence-electron chi connectivity index (χ2n) is 4.65. The summed E-state index contributed by atoms with van der Waals surface area (Å²) in [7, 11) is 0. The monoisotopic (exact) mass is 246 g/mol. The van der Waals surface area contributed by atoms with Crippen molar-refractivity contribution in [3.63, 3.8) is 0 Å². The second kappa shape index (κ2) is 8.86. The maximum absolute atomic E-state index is 9.03. The molecule has 0 aromatic rings. The van der Waals surface area contributed by atoms with E-state index in [1.165, 1.54) is 12.8 Å². The zero-order chi connectivity index (χ0) is 12.5. The van der Waals surface area contributed by atoms with Gasteiger partial charge in [0.25, 0.3) is 0 Å². The second-order valence-corrected chi connectivity index (χ2v) is 4.65. The molecule has 1 aliphatic heterocycles. The van der Waals surface area contributed by atoms with Gasteiger partial charge in [-0.2, -0.15) is 0 Å². The molecule has 1 unspecified atom stereocenters. The molecule has 1 saturated heterocycles. The summed E-state index contributed by atoms with van der Waals surface area (Å²) in [6, 6.07) is 0. The molecule has 102 valence electrons. The highest BCUT2D eigenvalue weighted by Crippen LogP contribution is 2.17. The van der Waals surface area contributed by atoms with E-state index in [-0.39, 0.29) is 25.1 Å². The van der Waals surface area contributed by atoms with E-state index in [4.69, 9.17) is 19.3 Å². The SMILES string of the molecule is CCCCCOC(C)C[C@H]1OCC[C@@H](CO)O1. The molecule has 0 saturated carbocycles. The highest BCUT2D eigenvalue weighted by atomic mass is 16.7. The van der Waals surface area contributed by atoms with Crippen LogP contribution < -0.4 is 0 Å². The van der Waals surface area contributed by atoms with Crippen molar-refractivity contribution in [2.24, 2.45) is 0 Å². The molecule has 1 heterocycles. The van der Waals surface area contributed by atoms with Crippen molar-refractivity contribution < 1.29 is 19.3 Å². The van der Waals surface area contributed by atoms with Crippen molar-refractivity contribution in [2.75, 3.05) is 19.8 Å². The molecule has 3 atom stereocenters. The predicted octanol–water partition coefficient (Wildman–Crippen LogP) is 2.10. The number of aliphatic hydroxyl groups is 1. The lowest BCUT2D eigenvalue weighted by Gasteiger charge is -2.30. The van der Waals surface area contributed by atoms with Crippen LogP contribution in [0.4, 0.5) is 0 Å². The summed E-state index contributed by atoms with van der Waals surface area (Å²) in [5.41, 5.74) is 0. The Hall–Kier alpha value is -0.160. The molecule has 17 heavy (non-hydrogen) atoms. The van der Waals surface area contributed by atoms with Crippen LogP contribution in [0.25, 0.3) is 0 Å². The van der Waals surface area contributed by atoms with E-state index in [1.54, 1.807) is 0 Å². The topological polar surface area (TPSA) is 47.9 Å². The summed E-state index contributed by atoms with van der Waals surface area (Å²) in [4.78, 5) is 0. The van der Waals surface area contributed by atoms with Crippen molar-refractivity contribution in [3.8, 4) is 0 Å². The first-order chi connectivity index (χ1) is 8.26. The Labute approximate surface area is 104 Å². The third-order valence-electron chi connectivity index (χ3n) is 2.97. The van der Waals surface area contributed by atoms with Crippen LogP contribution in [0, 0.1) is 0 Å². The van der Waals surface area contributed by atoms with E-state index >= 15 is 0 Å². The van der Waals surface area contributed by atoms with Crippen molar-refractivity contribution in [1.82, 2.24) is 0 Å². The van der Waals surface area contributed by atoms with Crippen molar-refractivity contribution >= 4 is 0 Å². The molecule has 0 bridgehead atoms. The molecular formula is C13H26O4. The molecule has 4 nitrogen and oxygen atoms in total. The highest BCUT2D eigenvalue weighted by molar-refractivity contribution is 4.65. The number of hydrogen-bond acceptors (Lipinski definition) is 4. The van der Waals surface area contributed by atoms with Gasteiger partial charge in [0.2, 0.25) is 0 Å². The number of rotatable bonds is 8. The first-order valence-corrected chi connectivity index (χ1v) is 6.75. The molecule has 1 N–H and O–H groups in total. The van der Waals surface area contributed by atoms with Crippen molar-refractivity contribution in [1.29, 1.82) is 0 Å². The van der Waals surface area contributed by atoms with Crippen LogP contribution in [-0.4, -0.2) is 43.4 Å². The lowest BCUT2D eigenvalue weighted by molar-refractivity contribution is -0.230. The van der Waals surface area contributed by atoms with Crippen LogP contribution in [0.2, 0.25) is 0 Å². The molecule has 0 radical (unpaired) electrons. The maximum Gasteiger partial charge on any atom is 0.160 e. The van der Waals surface area contributed by atoms with E-state index in [1.807, 2.05) is 6.92 Å². The number of ether oxygens (including phenoxy) is 3.